The predicted molar refractivity (Wildman–Crippen MR) is 59.8 cm³/mol. The van der Waals surface area contributed by atoms with E-state index in [-0.39, 0.29) is 5.54 Å². The van der Waals surface area contributed by atoms with E-state index in [2.05, 4.69) is 29.2 Å². The minimum Gasteiger partial charge on any atom is -0.314 e. The first-order valence-electron chi connectivity index (χ1n) is 5.09. The molecular weight excluding hydrogens is 188 g/mol. The first-order chi connectivity index (χ1) is 7.11. The lowest BCUT2D eigenvalue weighted by Gasteiger charge is -2.22. The number of rotatable bonds is 3. The van der Waals surface area contributed by atoms with Gasteiger partial charge in [-0.2, -0.15) is 5.10 Å². The third-order valence-electron chi connectivity index (χ3n) is 2.59. The molecule has 0 radical (unpaired) electrons. The fraction of sp³-hybridized carbons (Fsp3) is 0.455. The molecule has 2 rings (SSSR count). The van der Waals surface area contributed by atoms with Gasteiger partial charge >= 0.3 is 0 Å². The smallest absolute Gasteiger partial charge is 0.155 e. The highest BCUT2D eigenvalue weighted by molar-refractivity contribution is 5.38. The van der Waals surface area contributed by atoms with Crippen LogP contribution in [0, 0.1) is 0 Å². The summed E-state index contributed by atoms with van der Waals surface area (Å²) in [6.07, 6.45) is 4.59. The van der Waals surface area contributed by atoms with Crippen LogP contribution in [0.1, 0.15) is 19.5 Å². The van der Waals surface area contributed by atoms with Crippen LogP contribution in [0.25, 0.3) is 5.65 Å². The Morgan fingerprint density at radius 1 is 1.47 bits per heavy atom. The summed E-state index contributed by atoms with van der Waals surface area (Å²) in [4.78, 5) is 4.24. The zero-order valence-electron chi connectivity index (χ0n) is 9.36. The van der Waals surface area contributed by atoms with Crippen LogP contribution in [-0.4, -0.2) is 27.2 Å². The number of aromatic nitrogens is 3. The van der Waals surface area contributed by atoms with Crippen LogP contribution >= 0.6 is 0 Å². The van der Waals surface area contributed by atoms with Gasteiger partial charge in [0.25, 0.3) is 0 Å². The molecule has 0 aliphatic carbocycles. The molecule has 0 atom stereocenters. The second-order valence-electron chi connectivity index (χ2n) is 4.37. The van der Waals surface area contributed by atoms with Gasteiger partial charge in [0.2, 0.25) is 0 Å². The maximum Gasteiger partial charge on any atom is 0.155 e. The number of hydrogen-bond donors (Lipinski definition) is 1. The lowest BCUT2D eigenvalue weighted by atomic mass is 9.99. The maximum absolute atomic E-state index is 4.46. The number of hydrogen-bond acceptors (Lipinski definition) is 3. The summed E-state index contributed by atoms with van der Waals surface area (Å²) in [7, 11) is 1.97. The second kappa shape index (κ2) is 3.62. The van der Waals surface area contributed by atoms with Crippen molar-refractivity contribution in [1.82, 2.24) is 19.9 Å². The van der Waals surface area contributed by atoms with E-state index in [0.717, 1.165) is 17.8 Å². The van der Waals surface area contributed by atoms with Crippen molar-refractivity contribution < 1.29 is 0 Å². The van der Waals surface area contributed by atoms with E-state index in [0.29, 0.717) is 0 Å². The SMILES string of the molecule is CNC(C)(C)Cc1cc2ncccn2n1. The topological polar surface area (TPSA) is 42.2 Å². The standard InChI is InChI=1S/C11H16N4/c1-11(2,12-3)8-9-7-10-13-5-4-6-15(10)14-9/h4-7,12H,8H2,1-3H3. The Morgan fingerprint density at radius 3 is 2.93 bits per heavy atom. The van der Waals surface area contributed by atoms with Crippen molar-refractivity contribution in [3.05, 3.63) is 30.2 Å². The average molecular weight is 204 g/mol. The fourth-order valence-corrected chi connectivity index (χ4v) is 1.51. The number of likely N-dealkylation sites (N-methyl/N-ethyl adjacent to an activating group) is 1. The minimum atomic E-state index is 0.0674. The van der Waals surface area contributed by atoms with Crippen LogP contribution in [0.3, 0.4) is 0 Å². The van der Waals surface area contributed by atoms with E-state index in [1.54, 1.807) is 10.7 Å². The van der Waals surface area contributed by atoms with Crippen LogP contribution in [0.4, 0.5) is 0 Å². The van der Waals surface area contributed by atoms with Crippen LogP contribution in [0.5, 0.6) is 0 Å². The van der Waals surface area contributed by atoms with Crippen LogP contribution in [-0.2, 0) is 6.42 Å². The Kier molecular flexibility index (Phi) is 2.44. The molecule has 0 spiro atoms. The van der Waals surface area contributed by atoms with Gasteiger partial charge in [0.05, 0.1) is 5.69 Å². The van der Waals surface area contributed by atoms with Crippen molar-refractivity contribution in [3.63, 3.8) is 0 Å². The summed E-state index contributed by atoms with van der Waals surface area (Å²) in [5.41, 5.74) is 2.03. The summed E-state index contributed by atoms with van der Waals surface area (Å²) in [6.45, 7) is 4.31. The van der Waals surface area contributed by atoms with Crippen LogP contribution in [0.15, 0.2) is 24.5 Å². The molecule has 0 aliphatic heterocycles. The molecule has 0 unspecified atom stereocenters. The summed E-state index contributed by atoms with van der Waals surface area (Å²) in [6, 6.07) is 3.91. The molecule has 1 N–H and O–H groups in total. The third-order valence-corrected chi connectivity index (χ3v) is 2.59. The van der Waals surface area contributed by atoms with Crippen molar-refractivity contribution in [2.24, 2.45) is 0 Å². The Hall–Kier alpha value is -1.42. The molecule has 2 heterocycles. The highest BCUT2D eigenvalue weighted by Gasteiger charge is 2.17. The largest absolute Gasteiger partial charge is 0.314 e. The molecule has 0 saturated carbocycles. The van der Waals surface area contributed by atoms with Gasteiger partial charge in [0.15, 0.2) is 5.65 Å². The molecular formula is C11H16N4. The summed E-state index contributed by atoms with van der Waals surface area (Å²) in [5, 5.41) is 7.72. The van der Waals surface area contributed by atoms with E-state index in [9.17, 15) is 0 Å². The first kappa shape index (κ1) is 10.1. The Morgan fingerprint density at radius 2 is 2.27 bits per heavy atom. The Labute approximate surface area is 89.3 Å². The van der Waals surface area contributed by atoms with Gasteiger partial charge < -0.3 is 5.32 Å². The predicted octanol–water partition coefficient (Wildman–Crippen LogP) is 1.27. The highest BCUT2D eigenvalue weighted by Crippen LogP contribution is 2.12. The normalized spacial score (nSPS) is 12.2. The van der Waals surface area contributed by atoms with Gasteiger partial charge in [-0.15, -0.1) is 0 Å². The molecule has 0 aliphatic rings. The maximum atomic E-state index is 4.46. The Balaban J connectivity index is 2.30. The van der Waals surface area contributed by atoms with E-state index in [1.807, 2.05) is 25.4 Å². The van der Waals surface area contributed by atoms with Gasteiger partial charge in [-0.25, -0.2) is 9.50 Å². The van der Waals surface area contributed by atoms with Gasteiger partial charge in [-0.05, 0) is 27.0 Å². The molecule has 0 bridgehead atoms. The van der Waals surface area contributed by atoms with E-state index >= 15 is 0 Å². The molecule has 4 heteroatoms. The summed E-state index contributed by atoms with van der Waals surface area (Å²) in [5.74, 6) is 0. The quantitative estimate of drug-likeness (QED) is 0.818. The second-order valence-corrected chi connectivity index (χ2v) is 4.37. The van der Waals surface area contributed by atoms with E-state index < -0.39 is 0 Å². The number of nitrogens with zero attached hydrogens (tertiary/aromatic N) is 3. The molecule has 0 fully saturated rings. The first-order valence-corrected chi connectivity index (χ1v) is 5.09. The molecule has 2 aromatic heterocycles. The molecule has 4 nitrogen and oxygen atoms in total. The highest BCUT2D eigenvalue weighted by atomic mass is 15.2. The minimum absolute atomic E-state index is 0.0674. The van der Waals surface area contributed by atoms with Crippen molar-refractivity contribution in [3.8, 4) is 0 Å². The Bertz CT molecular complexity index is 425. The van der Waals surface area contributed by atoms with E-state index in [4.69, 9.17) is 0 Å². The monoisotopic (exact) mass is 204 g/mol. The molecule has 0 aromatic carbocycles. The van der Waals surface area contributed by atoms with Gasteiger partial charge in [-0.1, -0.05) is 0 Å². The van der Waals surface area contributed by atoms with Crippen molar-refractivity contribution >= 4 is 5.65 Å². The molecule has 80 valence electrons. The summed E-state index contributed by atoms with van der Waals surface area (Å²) < 4.78 is 1.81. The zero-order valence-corrected chi connectivity index (χ0v) is 9.36. The molecule has 0 amide bonds. The van der Waals surface area contributed by atoms with Gasteiger partial charge in [0.1, 0.15) is 0 Å². The van der Waals surface area contributed by atoms with Crippen molar-refractivity contribution in [2.45, 2.75) is 25.8 Å². The summed E-state index contributed by atoms with van der Waals surface area (Å²) >= 11 is 0. The van der Waals surface area contributed by atoms with E-state index in [1.165, 1.54) is 0 Å². The van der Waals surface area contributed by atoms with Crippen molar-refractivity contribution in [1.29, 1.82) is 0 Å². The van der Waals surface area contributed by atoms with Gasteiger partial charge in [-0.3, -0.25) is 0 Å². The average Bonchev–Trinajstić information content (AvgIpc) is 2.58. The van der Waals surface area contributed by atoms with Gasteiger partial charge in [0, 0.05) is 30.4 Å². The number of nitrogens with one attached hydrogen (secondary N) is 1. The lowest BCUT2D eigenvalue weighted by molar-refractivity contribution is 0.417. The molecule has 2 aromatic rings. The molecule has 0 saturated heterocycles. The van der Waals surface area contributed by atoms with Crippen LogP contribution < -0.4 is 5.32 Å². The molecule has 15 heavy (non-hydrogen) atoms. The fourth-order valence-electron chi connectivity index (χ4n) is 1.51. The van der Waals surface area contributed by atoms with Crippen molar-refractivity contribution in [2.75, 3.05) is 7.05 Å². The number of fused-ring (bicyclic) bond motifs is 1. The lowest BCUT2D eigenvalue weighted by Crippen LogP contribution is -2.38. The third kappa shape index (κ3) is 2.15. The zero-order chi connectivity index (χ0) is 10.9. The van der Waals surface area contributed by atoms with Crippen LogP contribution in [0.2, 0.25) is 0 Å².